The molecule has 2 aliphatic rings. The second-order valence-electron chi connectivity index (χ2n) is 6.34. The van der Waals surface area contributed by atoms with E-state index >= 15 is 0 Å². The molecule has 0 aromatic carbocycles. The van der Waals surface area contributed by atoms with Gasteiger partial charge in [0.15, 0.2) is 0 Å². The molecule has 0 radical (unpaired) electrons. The maximum absolute atomic E-state index is 12.0. The van der Waals surface area contributed by atoms with E-state index < -0.39 is 0 Å². The van der Waals surface area contributed by atoms with Crippen molar-refractivity contribution in [1.82, 2.24) is 0 Å². The van der Waals surface area contributed by atoms with Crippen LogP contribution in [0, 0.1) is 23.7 Å². The zero-order valence-electron chi connectivity index (χ0n) is 10.6. The van der Waals surface area contributed by atoms with Crippen LogP contribution in [0.4, 0.5) is 0 Å². The van der Waals surface area contributed by atoms with Crippen molar-refractivity contribution in [2.45, 2.75) is 58.4 Å². The van der Waals surface area contributed by atoms with Crippen LogP contribution < -0.4 is 5.73 Å². The lowest BCUT2D eigenvalue weighted by atomic mass is 9.83. The quantitative estimate of drug-likeness (QED) is 0.778. The van der Waals surface area contributed by atoms with Crippen molar-refractivity contribution in [3.8, 4) is 0 Å². The zero-order chi connectivity index (χ0) is 11.7. The van der Waals surface area contributed by atoms with Gasteiger partial charge in [0.25, 0.3) is 0 Å². The summed E-state index contributed by atoms with van der Waals surface area (Å²) in [5.41, 5.74) is 5.94. The normalized spacial score (nSPS) is 34.6. The van der Waals surface area contributed by atoms with Crippen LogP contribution in [0.25, 0.3) is 0 Å². The molecule has 0 amide bonds. The molecule has 2 aliphatic carbocycles. The molecule has 2 saturated carbocycles. The molecule has 0 aliphatic heterocycles. The van der Waals surface area contributed by atoms with Crippen LogP contribution in [0.15, 0.2) is 0 Å². The highest BCUT2D eigenvalue weighted by Crippen LogP contribution is 2.49. The molecule has 0 aromatic rings. The predicted octanol–water partition coefficient (Wildman–Crippen LogP) is 2.76. The third-order valence-corrected chi connectivity index (χ3v) is 4.49. The van der Waals surface area contributed by atoms with E-state index in [1.807, 2.05) is 0 Å². The number of Topliss-reactive ketones (excluding diaryl/α,β-unsaturated/α-hetero) is 1. The van der Waals surface area contributed by atoms with Gasteiger partial charge in [0.1, 0.15) is 5.78 Å². The van der Waals surface area contributed by atoms with Gasteiger partial charge < -0.3 is 5.73 Å². The summed E-state index contributed by atoms with van der Waals surface area (Å²) in [6.07, 6.45) is 7.06. The molecule has 0 saturated heterocycles. The Bertz CT molecular complexity index is 261. The molecule has 4 atom stereocenters. The van der Waals surface area contributed by atoms with Gasteiger partial charge in [0, 0.05) is 6.42 Å². The Kier molecular flexibility index (Phi) is 3.68. The zero-order valence-corrected chi connectivity index (χ0v) is 10.6. The number of carbonyl (C=O) groups excluding carboxylic acids is 1. The monoisotopic (exact) mass is 223 g/mol. The summed E-state index contributed by atoms with van der Waals surface area (Å²) < 4.78 is 0. The largest absolute Gasteiger partial charge is 0.322 e. The lowest BCUT2D eigenvalue weighted by Crippen LogP contribution is -2.33. The third-order valence-electron chi connectivity index (χ3n) is 4.49. The van der Waals surface area contributed by atoms with Gasteiger partial charge in [0.2, 0.25) is 0 Å². The summed E-state index contributed by atoms with van der Waals surface area (Å²) in [5, 5.41) is 0. The first-order chi connectivity index (χ1) is 7.56. The highest BCUT2D eigenvalue weighted by Gasteiger charge is 2.40. The molecule has 92 valence electrons. The molecule has 0 aromatic heterocycles. The molecular formula is C14H25NO. The first-order valence-corrected chi connectivity index (χ1v) is 6.84. The van der Waals surface area contributed by atoms with Crippen molar-refractivity contribution < 1.29 is 4.79 Å². The van der Waals surface area contributed by atoms with Crippen molar-refractivity contribution in [2.24, 2.45) is 29.4 Å². The number of nitrogens with two attached hydrogens (primary N) is 1. The molecular weight excluding hydrogens is 198 g/mol. The van der Waals surface area contributed by atoms with Crippen LogP contribution in [0.3, 0.4) is 0 Å². The molecule has 16 heavy (non-hydrogen) atoms. The Hall–Kier alpha value is -0.370. The van der Waals surface area contributed by atoms with Gasteiger partial charge in [-0.25, -0.2) is 0 Å². The highest BCUT2D eigenvalue weighted by molar-refractivity contribution is 5.84. The van der Waals surface area contributed by atoms with E-state index in [-0.39, 0.29) is 6.04 Å². The molecule has 2 nitrogen and oxygen atoms in total. The minimum absolute atomic E-state index is 0.209. The fourth-order valence-electron chi connectivity index (χ4n) is 3.68. The van der Waals surface area contributed by atoms with Crippen molar-refractivity contribution in [1.29, 1.82) is 0 Å². The standard InChI is InChI=1S/C14H25NO/c1-9(2)5-13(15)14(16)8-12-7-10-3-4-11(12)6-10/h9-13H,3-8,15H2,1-2H3. The molecule has 2 N–H and O–H groups in total. The minimum atomic E-state index is -0.209. The molecule has 2 rings (SSSR count). The Morgan fingerprint density at radius 2 is 2.06 bits per heavy atom. The molecule has 2 fully saturated rings. The van der Waals surface area contributed by atoms with Crippen molar-refractivity contribution in [3.63, 3.8) is 0 Å². The van der Waals surface area contributed by atoms with Gasteiger partial charge in [-0.3, -0.25) is 4.79 Å². The Labute approximate surface area is 99.0 Å². The number of hydrogen-bond donors (Lipinski definition) is 1. The fraction of sp³-hybridized carbons (Fsp3) is 0.929. The van der Waals surface area contributed by atoms with E-state index in [9.17, 15) is 4.79 Å². The smallest absolute Gasteiger partial charge is 0.149 e. The Morgan fingerprint density at radius 1 is 1.31 bits per heavy atom. The maximum Gasteiger partial charge on any atom is 0.149 e. The lowest BCUT2D eigenvalue weighted by molar-refractivity contribution is -0.121. The van der Waals surface area contributed by atoms with Crippen LogP contribution in [0.2, 0.25) is 0 Å². The average Bonchev–Trinajstić information content (AvgIpc) is 2.77. The van der Waals surface area contributed by atoms with Crippen LogP contribution in [0.5, 0.6) is 0 Å². The lowest BCUT2D eigenvalue weighted by Gasteiger charge is -2.22. The van der Waals surface area contributed by atoms with E-state index in [1.54, 1.807) is 0 Å². The molecule has 2 bridgehead atoms. The van der Waals surface area contributed by atoms with Crippen LogP contribution in [0.1, 0.15) is 52.4 Å². The van der Waals surface area contributed by atoms with Gasteiger partial charge in [0.05, 0.1) is 6.04 Å². The van der Waals surface area contributed by atoms with E-state index in [0.29, 0.717) is 17.6 Å². The fourth-order valence-corrected chi connectivity index (χ4v) is 3.68. The molecule has 0 heterocycles. The highest BCUT2D eigenvalue weighted by atomic mass is 16.1. The van der Waals surface area contributed by atoms with E-state index in [1.165, 1.54) is 25.7 Å². The second-order valence-corrected chi connectivity index (χ2v) is 6.34. The predicted molar refractivity (Wildman–Crippen MR) is 66.0 cm³/mol. The average molecular weight is 223 g/mol. The van der Waals surface area contributed by atoms with Crippen molar-refractivity contribution in [3.05, 3.63) is 0 Å². The topological polar surface area (TPSA) is 43.1 Å². The summed E-state index contributed by atoms with van der Waals surface area (Å²) >= 11 is 0. The van der Waals surface area contributed by atoms with E-state index in [4.69, 9.17) is 5.73 Å². The van der Waals surface area contributed by atoms with Crippen LogP contribution in [-0.4, -0.2) is 11.8 Å². The van der Waals surface area contributed by atoms with Gasteiger partial charge in [-0.2, -0.15) is 0 Å². The number of ketones is 1. The summed E-state index contributed by atoms with van der Waals surface area (Å²) in [7, 11) is 0. The third kappa shape index (κ3) is 2.65. The first-order valence-electron chi connectivity index (χ1n) is 6.84. The van der Waals surface area contributed by atoms with Gasteiger partial charge in [-0.1, -0.05) is 20.3 Å². The van der Waals surface area contributed by atoms with Gasteiger partial charge in [-0.15, -0.1) is 0 Å². The second kappa shape index (κ2) is 4.87. The van der Waals surface area contributed by atoms with Crippen LogP contribution >= 0.6 is 0 Å². The number of rotatable bonds is 5. The van der Waals surface area contributed by atoms with Crippen molar-refractivity contribution in [2.75, 3.05) is 0 Å². The van der Waals surface area contributed by atoms with E-state index in [2.05, 4.69) is 13.8 Å². The molecule has 4 unspecified atom stereocenters. The van der Waals surface area contributed by atoms with E-state index in [0.717, 1.165) is 24.7 Å². The Morgan fingerprint density at radius 3 is 2.56 bits per heavy atom. The van der Waals surface area contributed by atoms with Gasteiger partial charge in [-0.05, 0) is 49.4 Å². The first kappa shape index (κ1) is 12.1. The number of hydrogen-bond acceptors (Lipinski definition) is 2. The summed E-state index contributed by atoms with van der Waals surface area (Å²) in [4.78, 5) is 12.0. The SMILES string of the molecule is CC(C)CC(N)C(=O)CC1CC2CCC1C2. The maximum atomic E-state index is 12.0. The number of carbonyl (C=O) groups is 1. The molecule has 0 spiro atoms. The summed E-state index contributed by atoms with van der Waals surface area (Å²) in [5.74, 6) is 3.29. The Balaban J connectivity index is 1.79. The van der Waals surface area contributed by atoms with Gasteiger partial charge >= 0.3 is 0 Å². The minimum Gasteiger partial charge on any atom is -0.322 e. The van der Waals surface area contributed by atoms with Crippen LogP contribution in [-0.2, 0) is 4.79 Å². The van der Waals surface area contributed by atoms with Crippen molar-refractivity contribution >= 4 is 5.78 Å². The summed E-state index contributed by atoms with van der Waals surface area (Å²) in [6.45, 7) is 4.26. The molecule has 2 heteroatoms. The summed E-state index contributed by atoms with van der Waals surface area (Å²) in [6, 6.07) is -0.209. The number of fused-ring (bicyclic) bond motifs is 2.